The molecular weight excluding hydrogens is 369 g/mol. The van der Waals surface area contributed by atoms with Gasteiger partial charge in [0.25, 0.3) is 0 Å². The first-order valence-corrected chi connectivity index (χ1v) is 10.4. The van der Waals surface area contributed by atoms with Crippen molar-refractivity contribution in [3.63, 3.8) is 0 Å². The van der Waals surface area contributed by atoms with E-state index in [2.05, 4.69) is 9.97 Å². The minimum absolute atomic E-state index is 0.164. The maximum atomic E-state index is 13.2. The number of fused-ring (bicyclic) bond motifs is 1. The average molecular weight is 390 g/mol. The quantitative estimate of drug-likeness (QED) is 0.428. The fourth-order valence-electron chi connectivity index (χ4n) is 2.77. The first kappa shape index (κ1) is 18.8. The number of rotatable bonds is 7. The third kappa shape index (κ3) is 4.04. The molecule has 1 aromatic carbocycles. The summed E-state index contributed by atoms with van der Waals surface area (Å²) < 4.78 is 13.2. The van der Waals surface area contributed by atoms with Crippen LogP contribution in [0.3, 0.4) is 0 Å². The Kier molecular flexibility index (Phi) is 6.21. The molecule has 0 saturated carbocycles. The highest BCUT2D eigenvalue weighted by molar-refractivity contribution is 7.99. The van der Waals surface area contributed by atoms with E-state index in [1.54, 1.807) is 41.6 Å². The van der Waals surface area contributed by atoms with Crippen LogP contribution in [-0.2, 0) is 4.79 Å². The Hall–Kier alpha value is -1.99. The molecule has 7 heteroatoms. The standard InChI is InChI=1S/C19H20FN3OS2/c1-3-23(4-2)16(24)9-10-25-18-17-15(11-26-19(17)22-12-21-18)13-5-7-14(20)8-6-13/h5-8,11-12H,3-4,9-10H2,1-2H3. The molecule has 0 spiro atoms. The van der Waals surface area contributed by atoms with Crippen LogP contribution in [0.25, 0.3) is 21.3 Å². The highest BCUT2D eigenvalue weighted by atomic mass is 32.2. The summed E-state index contributed by atoms with van der Waals surface area (Å²) in [7, 11) is 0. The normalized spacial score (nSPS) is 11.0. The second-order valence-electron chi connectivity index (χ2n) is 5.68. The third-order valence-corrected chi connectivity index (χ3v) is 6.04. The van der Waals surface area contributed by atoms with Gasteiger partial charge in [-0.1, -0.05) is 12.1 Å². The molecule has 0 N–H and O–H groups in total. The predicted molar refractivity (Wildman–Crippen MR) is 106 cm³/mol. The molecule has 136 valence electrons. The number of hydrogen-bond donors (Lipinski definition) is 0. The SMILES string of the molecule is CCN(CC)C(=O)CCSc1ncnc2scc(-c3ccc(F)cc3)c12. The van der Waals surface area contributed by atoms with Crippen molar-refractivity contribution in [2.45, 2.75) is 25.3 Å². The van der Waals surface area contributed by atoms with Crippen LogP contribution >= 0.6 is 23.1 Å². The molecule has 0 atom stereocenters. The van der Waals surface area contributed by atoms with Gasteiger partial charge in [0.2, 0.25) is 5.91 Å². The molecule has 0 aliphatic carbocycles. The molecule has 4 nitrogen and oxygen atoms in total. The number of carbonyl (C=O) groups excluding carboxylic acids is 1. The number of benzene rings is 1. The second-order valence-corrected chi connectivity index (χ2v) is 7.62. The maximum absolute atomic E-state index is 13.2. The van der Waals surface area contributed by atoms with Gasteiger partial charge in [-0.15, -0.1) is 23.1 Å². The highest BCUT2D eigenvalue weighted by Crippen LogP contribution is 2.37. The van der Waals surface area contributed by atoms with Crippen LogP contribution in [0.2, 0.25) is 0 Å². The monoisotopic (exact) mass is 389 g/mol. The van der Waals surface area contributed by atoms with E-state index in [0.717, 1.165) is 39.5 Å². The van der Waals surface area contributed by atoms with Gasteiger partial charge in [-0.05, 0) is 31.5 Å². The molecule has 0 saturated heterocycles. The van der Waals surface area contributed by atoms with Gasteiger partial charge >= 0.3 is 0 Å². The van der Waals surface area contributed by atoms with E-state index >= 15 is 0 Å². The number of hydrogen-bond acceptors (Lipinski definition) is 5. The van der Waals surface area contributed by atoms with E-state index in [0.29, 0.717) is 12.2 Å². The number of nitrogens with zero attached hydrogens (tertiary/aromatic N) is 3. The van der Waals surface area contributed by atoms with E-state index in [1.807, 2.05) is 24.1 Å². The average Bonchev–Trinajstić information content (AvgIpc) is 3.08. The summed E-state index contributed by atoms with van der Waals surface area (Å²) in [6.07, 6.45) is 2.04. The molecule has 0 aliphatic heterocycles. The fraction of sp³-hybridized carbons (Fsp3) is 0.316. The second kappa shape index (κ2) is 8.60. The molecule has 3 aromatic rings. The van der Waals surface area contributed by atoms with Crippen molar-refractivity contribution in [1.29, 1.82) is 0 Å². The van der Waals surface area contributed by atoms with Crippen LogP contribution < -0.4 is 0 Å². The summed E-state index contributed by atoms with van der Waals surface area (Å²) in [5.74, 6) is 0.575. The summed E-state index contributed by atoms with van der Waals surface area (Å²) in [5.41, 5.74) is 1.94. The number of thioether (sulfide) groups is 1. The van der Waals surface area contributed by atoms with Gasteiger partial charge < -0.3 is 4.90 Å². The first-order valence-electron chi connectivity index (χ1n) is 8.52. The Balaban J connectivity index is 1.82. The van der Waals surface area contributed by atoms with Crippen molar-refractivity contribution < 1.29 is 9.18 Å². The molecular formula is C19H20FN3OS2. The van der Waals surface area contributed by atoms with Gasteiger partial charge in [0.15, 0.2) is 0 Å². The van der Waals surface area contributed by atoms with E-state index in [1.165, 1.54) is 12.1 Å². The summed E-state index contributed by atoms with van der Waals surface area (Å²) in [5, 5.41) is 3.87. The lowest BCUT2D eigenvalue weighted by Gasteiger charge is -2.18. The zero-order valence-electron chi connectivity index (χ0n) is 14.7. The van der Waals surface area contributed by atoms with Crippen molar-refractivity contribution in [3.8, 4) is 11.1 Å². The molecule has 3 rings (SSSR count). The van der Waals surface area contributed by atoms with Crippen molar-refractivity contribution in [2.75, 3.05) is 18.8 Å². The molecule has 2 heterocycles. The Bertz CT molecular complexity index is 891. The van der Waals surface area contributed by atoms with Crippen LogP contribution in [-0.4, -0.2) is 39.6 Å². The molecule has 0 aliphatic rings. The van der Waals surface area contributed by atoms with Crippen LogP contribution in [0.15, 0.2) is 41.0 Å². The van der Waals surface area contributed by atoms with Crippen LogP contribution in [0.4, 0.5) is 4.39 Å². The van der Waals surface area contributed by atoms with Gasteiger partial charge in [0.05, 0.1) is 5.39 Å². The van der Waals surface area contributed by atoms with Crippen LogP contribution in [0.5, 0.6) is 0 Å². The predicted octanol–water partition coefficient (Wildman–Crippen LogP) is 4.85. The fourth-order valence-corrected chi connectivity index (χ4v) is 4.69. The van der Waals surface area contributed by atoms with E-state index in [-0.39, 0.29) is 11.7 Å². The summed E-state index contributed by atoms with van der Waals surface area (Å²) in [4.78, 5) is 23.7. The largest absolute Gasteiger partial charge is 0.343 e. The van der Waals surface area contributed by atoms with E-state index < -0.39 is 0 Å². The highest BCUT2D eigenvalue weighted by Gasteiger charge is 2.15. The number of amides is 1. The minimum Gasteiger partial charge on any atom is -0.343 e. The lowest BCUT2D eigenvalue weighted by atomic mass is 10.1. The van der Waals surface area contributed by atoms with Gasteiger partial charge in [0.1, 0.15) is 22.0 Å². The van der Waals surface area contributed by atoms with E-state index in [4.69, 9.17) is 0 Å². The lowest BCUT2D eigenvalue weighted by molar-refractivity contribution is -0.130. The van der Waals surface area contributed by atoms with Crippen molar-refractivity contribution in [3.05, 3.63) is 41.8 Å². The molecule has 2 aromatic heterocycles. The summed E-state index contributed by atoms with van der Waals surface area (Å²) >= 11 is 3.11. The van der Waals surface area contributed by atoms with Gasteiger partial charge in [-0.3, -0.25) is 4.79 Å². The summed E-state index contributed by atoms with van der Waals surface area (Å²) in [6, 6.07) is 6.45. The number of aromatic nitrogens is 2. The Morgan fingerprint density at radius 3 is 2.62 bits per heavy atom. The Morgan fingerprint density at radius 2 is 1.92 bits per heavy atom. The topological polar surface area (TPSA) is 46.1 Å². The smallest absolute Gasteiger partial charge is 0.223 e. The summed E-state index contributed by atoms with van der Waals surface area (Å²) in [6.45, 7) is 5.44. The Morgan fingerprint density at radius 1 is 1.19 bits per heavy atom. The number of carbonyl (C=O) groups is 1. The van der Waals surface area contributed by atoms with Crippen LogP contribution in [0.1, 0.15) is 20.3 Å². The maximum Gasteiger partial charge on any atom is 0.223 e. The van der Waals surface area contributed by atoms with Crippen molar-refractivity contribution in [1.82, 2.24) is 14.9 Å². The van der Waals surface area contributed by atoms with Crippen molar-refractivity contribution >= 4 is 39.2 Å². The molecule has 0 radical (unpaired) electrons. The van der Waals surface area contributed by atoms with Gasteiger partial charge in [-0.2, -0.15) is 0 Å². The number of halogens is 1. The molecule has 0 fully saturated rings. The van der Waals surface area contributed by atoms with E-state index in [9.17, 15) is 9.18 Å². The van der Waals surface area contributed by atoms with Gasteiger partial charge in [0, 0.05) is 36.2 Å². The van der Waals surface area contributed by atoms with Crippen molar-refractivity contribution in [2.24, 2.45) is 0 Å². The third-order valence-electron chi connectivity index (χ3n) is 4.16. The number of thiophene rings is 1. The first-order chi connectivity index (χ1) is 12.6. The van der Waals surface area contributed by atoms with Crippen LogP contribution in [0, 0.1) is 5.82 Å². The molecule has 26 heavy (non-hydrogen) atoms. The molecule has 1 amide bonds. The lowest BCUT2D eigenvalue weighted by Crippen LogP contribution is -2.30. The zero-order valence-corrected chi connectivity index (χ0v) is 16.4. The molecule has 0 unspecified atom stereocenters. The Labute approximate surface area is 160 Å². The molecule has 0 bridgehead atoms. The van der Waals surface area contributed by atoms with Gasteiger partial charge in [-0.25, -0.2) is 14.4 Å². The zero-order chi connectivity index (χ0) is 18.5. The minimum atomic E-state index is -0.256.